The number of carbonyl (C=O) groups excluding carboxylic acids is 1. The fourth-order valence-corrected chi connectivity index (χ4v) is 3.49. The van der Waals surface area contributed by atoms with Gasteiger partial charge in [-0.25, -0.2) is 9.97 Å². The van der Waals surface area contributed by atoms with Crippen LogP contribution in [0.15, 0.2) is 52.2 Å². The lowest BCUT2D eigenvalue weighted by Gasteiger charge is -2.05. The van der Waals surface area contributed by atoms with Gasteiger partial charge >= 0.3 is 0 Å². The molecule has 3 heterocycles. The smallest absolute Gasteiger partial charge is 0.257 e. The van der Waals surface area contributed by atoms with Crippen LogP contribution in [-0.4, -0.2) is 33.3 Å². The summed E-state index contributed by atoms with van der Waals surface area (Å²) in [7, 11) is 0. The Morgan fingerprint density at radius 2 is 1.90 bits per heavy atom. The van der Waals surface area contributed by atoms with Gasteiger partial charge in [0, 0.05) is 6.54 Å². The van der Waals surface area contributed by atoms with Crippen molar-refractivity contribution in [3.8, 4) is 0 Å². The molecular formula is C23H26N6O2. The van der Waals surface area contributed by atoms with Crippen LogP contribution in [0, 0.1) is 0 Å². The zero-order valence-electron chi connectivity index (χ0n) is 17.5. The van der Waals surface area contributed by atoms with Crippen LogP contribution >= 0.6 is 0 Å². The molecule has 4 rings (SSSR count). The molecule has 0 bridgehead atoms. The van der Waals surface area contributed by atoms with E-state index in [0.717, 1.165) is 12.8 Å². The summed E-state index contributed by atoms with van der Waals surface area (Å²) in [4.78, 5) is 22.3. The van der Waals surface area contributed by atoms with Crippen LogP contribution in [0.2, 0.25) is 0 Å². The van der Waals surface area contributed by atoms with Gasteiger partial charge in [-0.2, -0.15) is 9.78 Å². The molecule has 0 saturated carbocycles. The highest BCUT2D eigenvalue weighted by atomic mass is 16.3. The van der Waals surface area contributed by atoms with Crippen LogP contribution in [-0.2, 0) is 0 Å². The van der Waals surface area contributed by atoms with Crippen molar-refractivity contribution in [2.24, 2.45) is 5.10 Å². The van der Waals surface area contributed by atoms with Crippen LogP contribution in [0.1, 0.15) is 55.1 Å². The Hall–Kier alpha value is -3.68. The lowest BCUT2D eigenvalue weighted by Crippen LogP contribution is -2.25. The second-order valence-corrected chi connectivity index (χ2v) is 7.39. The molecule has 31 heavy (non-hydrogen) atoms. The van der Waals surface area contributed by atoms with Gasteiger partial charge in [-0.05, 0) is 30.7 Å². The number of nitrogens with one attached hydrogen (secondary N) is 1. The number of carbonyl (C=O) groups is 1. The molecule has 0 radical (unpaired) electrons. The molecule has 0 atom stereocenters. The minimum Gasteiger partial charge on any atom is -0.463 e. The number of unbranched alkanes of at least 4 members (excludes halogenated alkanes) is 4. The number of nitrogens with zero attached hydrogens (tertiary/aromatic N) is 4. The van der Waals surface area contributed by atoms with Gasteiger partial charge in [-0.1, -0.05) is 44.7 Å². The van der Waals surface area contributed by atoms with E-state index >= 15 is 0 Å². The lowest BCUT2D eigenvalue weighted by atomic mass is 10.1. The minimum absolute atomic E-state index is 0.191. The molecule has 0 aliphatic rings. The van der Waals surface area contributed by atoms with Crippen LogP contribution in [0.3, 0.4) is 0 Å². The van der Waals surface area contributed by atoms with Gasteiger partial charge in [0.15, 0.2) is 5.65 Å². The Bertz CT molecular complexity index is 1210. The molecule has 8 nitrogen and oxygen atoms in total. The molecule has 0 spiro atoms. The maximum atomic E-state index is 13.0. The number of para-hydroxylation sites is 2. The Labute approximate surface area is 180 Å². The van der Waals surface area contributed by atoms with Crippen molar-refractivity contribution in [2.45, 2.75) is 39.0 Å². The maximum absolute atomic E-state index is 13.0. The van der Waals surface area contributed by atoms with E-state index in [-0.39, 0.29) is 11.7 Å². The highest BCUT2D eigenvalue weighted by molar-refractivity contribution is 6.10. The van der Waals surface area contributed by atoms with E-state index in [0.29, 0.717) is 40.1 Å². The predicted molar refractivity (Wildman–Crippen MR) is 122 cm³/mol. The number of nitrogens with two attached hydrogens (primary N) is 1. The Morgan fingerprint density at radius 1 is 1.13 bits per heavy atom. The van der Waals surface area contributed by atoms with E-state index < -0.39 is 0 Å². The van der Waals surface area contributed by atoms with Crippen LogP contribution in [0.4, 0.5) is 5.82 Å². The Kier molecular flexibility index (Phi) is 6.26. The first-order valence-electron chi connectivity index (χ1n) is 10.6. The van der Waals surface area contributed by atoms with Crippen molar-refractivity contribution in [3.05, 3.63) is 54.0 Å². The molecule has 0 unspecified atom stereocenters. The standard InChI is InChI=1S/C23H26N6O2/c1-2-3-4-5-8-13-25-23(30)19-20-22(28-18-12-7-6-11-17(18)27-20)29(21(19)24)26-15-16-10-9-14-31-16/h6-7,9-12,14-15H,2-5,8,13,24H2,1H3,(H,25,30)/b26-15+. The first-order valence-corrected chi connectivity index (χ1v) is 10.6. The molecule has 4 aromatic rings. The molecular weight excluding hydrogens is 392 g/mol. The van der Waals surface area contributed by atoms with E-state index in [2.05, 4.69) is 27.3 Å². The molecule has 0 aliphatic carbocycles. The number of furan rings is 1. The van der Waals surface area contributed by atoms with E-state index in [4.69, 9.17) is 10.2 Å². The predicted octanol–water partition coefficient (Wildman–Crippen LogP) is 4.34. The quantitative estimate of drug-likeness (QED) is 0.310. The van der Waals surface area contributed by atoms with Gasteiger partial charge < -0.3 is 15.5 Å². The normalized spacial score (nSPS) is 11.6. The second-order valence-electron chi connectivity index (χ2n) is 7.39. The van der Waals surface area contributed by atoms with Crippen LogP contribution in [0.5, 0.6) is 0 Å². The highest BCUT2D eigenvalue weighted by Crippen LogP contribution is 2.27. The van der Waals surface area contributed by atoms with Crippen molar-refractivity contribution in [3.63, 3.8) is 0 Å². The summed E-state index contributed by atoms with van der Waals surface area (Å²) >= 11 is 0. The zero-order chi connectivity index (χ0) is 21.6. The van der Waals surface area contributed by atoms with E-state index in [1.807, 2.05) is 24.3 Å². The molecule has 0 aliphatic heterocycles. The van der Waals surface area contributed by atoms with E-state index in [9.17, 15) is 4.79 Å². The first-order chi connectivity index (χ1) is 15.2. The summed E-state index contributed by atoms with van der Waals surface area (Å²) < 4.78 is 6.74. The van der Waals surface area contributed by atoms with Crippen molar-refractivity contribution in [1.29, 1.82) is 0 Å². The topological polar surface area (TPSA) is 111 Å². The third-order valence-corrected chi connectivity index (χ3v) is 5.11. The number of amides is 1. The molecule has 1 aromatic carbocycles. The van der Waals surface area contributed by atoms with Crippen molar-refractivity contribution >= 4 is 40.1 Å². The summed E-state index contributed by atoms with van der Waals surface area (Å²) in [6.07, 6.45) is 8.68. The molecule has 1 amide bonds. The largest absolute Gasteiger partial charge is 0.463 e. The summed E-state index contributed by atoms with van der Waals surface area (Å²) in [6, 6.07) is 11.0. The molecule has 0 saturated heterocycles. The number of fused-ring (bicyclic) bond motifs is 2. The van der Waals surface area contributed by atoms with Crippen molar-refractivity contribution in [1.82, 2.24) is 20.0 Å². The average Bonchev–Trinajstić information content (AvgIpc) is 3.38. The molecule has 160 valence electrons. The number of rotatable bonds is 9. The molecule has 0 fully saturated rings. The number of anilines is 1. The fraction of sp³-hybridized carbons (Fsp3) is 0.304. The third kappa shape index (κ3) is 4.42. The van der Waals surface area contributed by atoms with Crippen LogP contribution in [0.25, 0.3) is 22.2 Å². The molecule has 3 N–H and O–H groups in total. The van der Waals surface area contributed by atoms with Gasteiger partial charge in [0.05, 0.1) is 23.5 Å². The average molecular weight is 419 g/mol. The fourth-order valence-electron chi connectivity index (χ4n) is 3.49. The summed E-state index contributed by atoms with van der Waals surface area (Å²) in [5, 5.41) is 7.38. The lowest BCUT2D eigenvalue weighted by molar-refractivity contribution is 0.0955. The van der Waals surface area contributed by atoms with Crippen molar-refractivity contribution in [2.75, 3.05) is 12.3 Å². The number of aromatic nitrogens is 3. The molecule has 8 heteroatoms. The minimum atomic E-state index is -0.269. The van der Waals surface area contributed by atoms with Gasteiger partial charge in [0.2, 0.25) is 0 Å². The third-order valence-electron chi connectivity index (χ3n) is 5.11. The van der Waals surface area contributed by atoms with Gasteiger partial charge in [-0.15, -0.1) is 0 Å². The zero-order valence-corrected chi connectivity index (χ0v) is 17.5. The maximum Gasteiger partial charge on any atom is 0.257 e. The first kappa shape index (κ1) is 20.6. The number of hydrogen-bond acceptors (Lipinski definition) is 6. The number of hydrogen-bond donors (Lipinski definition) is 2. The van der Waals surface area contributed by atoms with Gasteiger partial charge in [-0.3, -0.25) is 4.79 Å². The van der Waals surface area contributed by atoms with Gasteiger partial charge in [0.25, 0.3) is 5.91 Å². The van der Waals surface area contributed by atoms with Crippen LogP contribution < -0.4 is 11.1 Å². The summed E-state index contributed by atoms with van der Waals surface area (Å²) in [5.74, 6) is 0.485. The number of benzene rings is 1. The Balaban J connectivity index is 1.69. The van der Waals surface area contributed by atoms with Crippen molar-refractivity contribution < 1.29 is 9.21 Å². The van der Waals surface area contributed by atoms with E-state index in [1.165, 1.54) is 30.2 Å². The monoisotopic (exact) mass is 418 g/mol. The Morgan fingerprint density at radius 3 is 2.65 bits per heavy atom. The van der Waals surface area contributed by atoms with Gasteiger partial charge in [0.1, 0.15) is 22.7 Å². The number of nitrogen functional groups attached to an aromatic ring is 1. The summed E-state index contributed by atoms with van der Waals surface area (Å²) in [5.41, 5.74) is 8.90. The van der Waals surface area contributed by atoms with E-state index in [1.54, 1.807) is 18.4 Å². The molecule has 3 aromatic heterocycles. The highest BCUT2D eigenvalue weighted by Gasteiger charge is 2.23. The summed E-state index contributed by atoms with van der Waals surface area (Å²) in [6.45, 7) is 2.77. The SMILES string of the molecule is CCCCCCCNC(=O)c1c(N)n(/N=C/c2ccco2)c2nc3ccccc3nc12. The second kappa shape index (κ2) is 9.42.